The predicted molar refractivity (Wildman–Crippen MR) is 128 cm³/mol. The maximum Gasteiger partial charge on any atom is 0.256 e. The van der Waals surface area contributed by atoms with Gasteiger partial charge in [-0.1, -0.05) is 6.92 Å². The number of hydrogen-bond acceptors (Lipinski definition) is 5. The Labute approximate surface area is 194 Å². The van der Waals surface area contributed by atoms with Crippen molar-refractivity contribution in [3.05, 3.63) is 42.2 Å². The number of ether oxygens (including phenoxy) is 1. The van der Waals surface area contributed by atoms with Crippen LogP contribution in [0.25, 0.3) is 22.4 Å². The Kier molecular flexibility index (Phi) is 7.03. The maximum atomic E-state index is 13.9. The molecule has 1 aliphatic rings. The SMILES string of the molecule is CC[C@H]1CCCCN1C(=O)c1cc(NC(=O)COC)cc2nc(-c3cccnc3)n(CC)c12. The van der Waals surface area contributed by atoms with Crippen LogP contribution in [0.4, 0.5) is 5.69 Å². The summed E-state index contributed by atoms with van der Waals surface area (Å²) in [6, 6.07) is 7.65. The van der Waals surface area contributed by atoms with Gasteiger partial charge in [0.2, 0.25) is 5.91 Å². The predicted octanol–water partition coefficient (Wildman–Crippen LogP) is 4.11. The highest BCUT2D eigenvalue weighted by atomic mass is 16.5. The van der Waals surface area contributed by atoms with Gasteiger partial charge in [0.15, 0.2) is 0 Å². The van der Waals surface area contributed by atoms with Crippen LogP contribution in [-0.2, 0) is 16.1 Å². The lowest BCUT2D eigenvalue weighted by Crippen LogP contribution is -2.43. The number of nitrogens with one attached hydrogen (secondary N) is 1. The van der Waals surface area contributed by atoms with Crippen molar-refractivity contribution in [2.75, 3.05) is 25.6 Å². The highest BCUT2D eigenvalue weighted by molar-refractivity contribution is 6.08. The molecule has 1 atom stereocenters. The summed E-state index contributed by atoms with van der Waals surface area (Å²) in [7, 11) is 1.47. The van der Waals surface area contributed by atoms with Gasteiger partial charge in [-0.25, -0.2) is 4.98 Å². The van der Waals surface area contributed by atoms with Gasteiger partial charge in [0.25, 0.3) is 5.91 Å². The number of likely N-dealkylation sites (tertiary alicyclic amines) is 1. The number of nitrogens with zero attached hydrogens (tertiary/aromatic N) is 4. The number of anilines is 1. The van der Waals surface area contributed by atoms with E-state index in [4.69, 9.17) is 9.72 Å². The van der Waals surface area contributed by atoms with Gasteiger partial charge < -0.3 is 19.5 Å². The number of methoxy groups -OCH3 is 1. The number of benzene rings is 1. The number of pyridine rings is 1. The Hall–Kier alpha value is -3.26. The molecule has 8 heteroatoms. The van der Waals surface area contributed by atoms with E-state index in [0.29, 0.717) is 23.3 Å². The van der Waals surface area contributed by atoms with Crippen LogP contribution in [-0.4, -0.2) is 57.6 Å². The number of carbonyl (C=O) groups is 2. The Morgan fingerprint density at radius 1 is 1.24 bits per heavy atom. The third kappa shape index (κ3) is 4.61. The molecule has 8 nitrogen and oxygen atoms in total. The minimum absolute atomic E-state index is 0.0123. The van der Waals surface area contributed by atoms with Gasteiger partial charge in [-0.15, -0.1) is 0 Å². The van der Waals surface area contributed by atoms with Gasteiger partial charge in [-0.3, -0.25) is 14.6 Å². The summed E-state index contributed by atoms with van der Waals surface area (Å²) in [5, 5.41) is 2.85. The van der Waals surface area contributed by atoms with Gasteiger partial charge in [0, 0.05) is 49.9 Å². The van der Waals surface area contributed by atoms with E-state index in [0.717, 1.165) is 49.1 Å². The van der Waals surface area contributed by atoms with E-state index >= 15 is 0 Å². The number of piperidine rings is 1. The minimum atomic E-state index is -0.276. The lowest BCUT2D eigenvalue weighted by molar-refractivity contribution is -0.119. The van der Waals surface area contributed by atoms with E-state index in [1.807, 2.05) is 30.0 Å². The maximum absolute atomic E-state index is 13.9. The largest absolute Gasteiger partial charge is 0.375 e. The van der Waals surface area contributed by atoms with Crippen LogP contribution in [0.2, 0.25) is 0 Å². The molecule has 0 spiro atoms. The first-order valence-electron chi connectivity index (χ1n) is 11.6. The quantitative estimate of drug-likeness (QED) is 0.586. The molecule has 1 saturated heterocycles. The first-order chi connectivity index (χ1) is 16.1. The standard InChI is InChI=1S/C25H31N5O3/c1-4-19-10-6-7-12-30(19)25(32)20-13-18(27-22(31)16-33-3)14-21-23(20)29(5-2)24(28-21)17-9-8-11-26-15-17/h8-9,11,13-15,19H,4-7,10,12,16H2,1-3H3,(H,27,31)/t19-/m0/s1. The topological polar surface area (TPSA) is 89.3 Å². The first-order valence-corrected chi connectivity index (χ1v) is 11.6. The molecule has 3 aromatic rings. The van der Waals surface area contributed by atoms with Crippen molar-refractivity contribution in [3.63, 3.8) is 0 Å². The smallest absolute Gasteiger partial charge is 0.256 e. The van der Waals surface area contributed by atoms with Crippen molar-refractivity contribution in [3.8, 4) is 11.4 Å². The fraction of sp³-hybridized carbons (Fsp3) is 0.440. The third-order valence-corrected chi connectivity index (χ3v) is 6.23. The van der Waals surface area contributed by atoms with Crippen molar-refractivity contribution < 1.29 is 14.3 Å². The molecule has 4 rings (SSSR count). The Bertz CT molecular complexity index is 1140. The molecule has 1 N–H and O–H groups in total. The average molecular weight is 450 g/mol. The molecular formula is C25H31N5O3. The molecule has 1 aliphatic heterocycles. The average Bonchev–Trinajstić information content (AvgIpc) is 3.22. The molecule has 1 fully saturated rings. The van der Waals surface area contributed by atoms with Crippen LogP contribution < -0.4 is 5.32 Å². The molecule has 174 valence electrons. The van der Waals surface area contributed by atoms with Crippen molar-refractivity contribution in [2.24, 2.45) is 0 Å². The Morgan fingerprint density at radius 2 is 2.09 bits per heavy atom. The molecule has 33 heavy (non-hydrogen) atoms. The molecule has 0 radical (unpaired) electrons. The summed E-state index contributed by atoms with van der Waals surface area (Å²) >= 11 is 0. The van der Waals surface area contributed by atoms with Crippen molar-refractivity contribution in [1.82, 2.24) is 19.4 Å². The Balaban J connectivity index is 1.88. The molecule has 0 unspecified atom stereocenters. The lowest BCUT2D eigenvalue weighted by atomic mass is 9.98. The summed E-state index contributed by atoms with van der Waals surface area (Å²) < 4.78 is 7.01. The minimum Gasteiger partial charge on any atom is -0.375 e. The number of hydrogen-bond donors (Lipinski definition) is 1. The van der Waals surface area contributed by atoms with Crippen LogP contribution >= 0.6 is 0 Å². The second-order valence-corrected chi connectivity index (χ2v) is 8.35. The highest BCUT2D eigenvalue weighted by Crippen LogP contribution is 2.32. The number of aromatic nitrogens is 3. The first kappa shape index (κ1) is 22.9. The van der Waals surface area contributed by atoms with Gasteiger partial charge >= 0.3 is 0 Å². The van der Waals surface area contributed by atoms with Gasteiger partial charge in [-0.05, 0) is 56.9 Å². The number of aryl methyl sites for hydroxylation is 1. The number of amides is 2. The monoisotopic (exact) mass is 449 g/mol. The zero-order chi connectivity index (χ0) is 23.4. The van der Waals surface area contributed by atoms with Crippen LogP contribution in [0.1, 0.15) is 49.9 Å². The summed E-state index contributed by atoms with van der Waals surface area (Å²) in [6.45, 7) is 5.50. The van der Waals surface area contributed by atoms with E-state index in [9.17, 15) is 9.59 Å². The normalized spacial score (nSPS) is 16.2. The van der Waals surface area contributed by atoms with Crippen molar-refractivity contribution in [2.45, 2.75) is 52.1 Å². The van der Waals surface area contributed by atoms with Crippen LogP contribution in [0.3, 0.4) is 0 Å². The third-order valence-electron chi connectivity index (χ3n) is 6.23. The zero-order valence-electron chi connectivity index (χ0n) is 19.5. The second-order valence-electron chi connectivity index (χ2n) is 8.35. The molecule has 0 aliphatic carbocycles. The lowest BCUT2D eigenvalue weighted by Gasteiger charge is -2.35. The molecule has 1 aromatic carbocycles. The number of imidazole rings is 1. The number of rotatable bonds is 7. The summed E-state index contributed by atoms with van der Waals surface area (Å²) in [4.78, 5) is 37.2. The Morgan fingerprint density at radius 3 is 2.79 bits per heavy atom. The summed E-state index contributed by atoms with van der Waals surface area (Å²) in [5.74, 6) is 0.462. The molecule has 3 heterocycles. The zero-order valence-corrected chi connectivity index (χ0v) is 19.5. The molecule has 0 saturated carbocycles. The number of fused-ring (bicyclic) bond motifs is 1. The van der Waals surface area contributed by atoms with E-state index in [2.05, 4.69) is 21.8 Å². The second kappa shape index (κ2) is 10.1. The molecular weight excluding hydrogens is 418 g/mol. The van der Waals surface area contributed by atoms with Crippen LogP contribution in [0.15, 0.2) is 36.7 Å². The van der Waals surface area contributed by atoms with Crippen LogP contribution in [0, 0.1) is 0 Å². The van der Waals surface area contributed by atoms with E-state index in [1.165, 1.54) is 7.11 Å². The van der Waals surface area contributed by atoms with E-state index in [1.54, 1.807) is 18.5 Å². The molecule has 2 aromatic heterocycles. The fourth-order valence-corrected chi connectivity index (χ4v) is 4.70. The van der Waals surface area contributed by atoms with Gasteiger partial charge in [-0.2, -0.15) is 0 Å². The molecule has 2 amide bonds. The highest BCUT2D eigenvalue weighted by Gasteiger charge is 2.29. The summed E-state index contributed by atoms with van der Waals surface area (Å²) in [5.41, 5.74) is 3.43. The van der Waals surface area contributed by atoms with Crippen molar-refractivity contribution in [1.29, 1.82) is 0 Å². The van der Waals surface area contributed by atoms with Crippen LogP contribution in [0.5, 0.6) is 0 Å². The van der Waals surface area contributed by atoms with Crippen molar-refractivity contribution >= 4 is 28.5 Å². The number of carbonyl (C=O) groups excluding carboxylic acids is 2. The molecule has 0 bridgehead atoms. The van der Waals surface area contributed by atoms with E-state index < -0.39 is 0 Å². The van der Waals surface area contributed by atoms with E-state index in [-0.39, 0.29) is 24.5 Å². The summed E-state index contributed by atoms with van der Waals surface area (Å²) in [6.07, 6.45) is 7.58. The van der Waals surface area contributed by atoms with Gasteiger partial charge in [0.05, 0.1) is 16.6 Å². The van der Waals surface area contributed by atoms with Gasteiger partial charge in [0.1, 0.15) is 12.4 Å². The fourth-order valence-electron chi connectivity index (χ4n) is 4.70.